The summed E-state index contributed by atoms with van der Waals surface area (Å²) in [6, 6.07) is 0.337. The number of guanidine groups is 1. The lowest BCUT2D eigenvalue weighted by Crippen LogP contribution is -2.50. The molecule has 0 radical (unpaired) electrons. The van der Waals surface area contributed by atoms with E-state index in [1.807, 2.05) is 6.92 Å². The van der Waals surface area contributed by atoms with Crippen LogP contribution in [-0.4, -0.2) is 67.9 Å². The molecule has 8 heteroatoms. The van der Waals surface area contributed by atoms with Gasteiger partial charge >= 0.3 is 6.09 Å². The molecule has 7 nitrogen and oxygen atoms in total. The van der Waals surface area contributed by atoms with Gasteiger partial charge in [0.05, 0.1) is 13.2 Å². The molecule has 0 aromatic carbocycles. The molecule has 3 N–H and O–H groups in total. The van der Waals surface area contributed by atoms with Crippen LogP contribution in [0, 0.1) is 0 Å². The maximum Gasteiger partial charge on any atom is 0.409 e. The van der Waals surface area contributed by atoms with E-state index in [0.29, 0.717) is 12.6 Å². The summed E-state index contributed by atoms with van der Waals surface area (Å²) in [5.74, 6) is 0.850. The van der Waals surface area contributed by atoms with Crippen molar-refractivity contribution in [3.63, 3.8) is 0 Å². The summed E-state index contributed by atoms with van der Waals surface area (Å²) in [7, 11) is 0. The molecule has 1 aliphatic heterocycles. The van der Waals surface area contributed by atoms with Gasteiger partial charge in [-0.2, -0.15) is 0 Å². The number of ether oxygens (including phenoxy) is 1. The second kappa shape index (κ2) is 12.6. The summed E-state index contributed by atoms with van der Waals surface area (Å²) >= 11 is 0. The maximum absolute atomic E-state index is 11.7. The fourth-order valence-electron chi connectivity index (χ4n) is 2.53. The Morgan fingerprint density at radius 1 is 1.24 bits per heavy atom. The van der Waals surface area contributed by atoms with Crippen LogP contribution in [0.4, 0.5) is 4.79 Å². The van der Waals surface area contributed by atoms with Crippen molar-refractivity contribution in [3.8, 4) is 0 Å². The molecule has 0 bridgehead atoms. The number of piperidine rings is 1. The van der Waals surface area contributed by atoms with E-state index in [9.17, 15) is 4.79 Å². The van der Waals surface area contributed by atoms with Crippen molar-refractivity contribution < 1.29 is 9.53 Å². The van der Waals surface area contributed by atoms with Gasteiger partial charge in [-0.05, 0) is 47.5 Å². The minimum absolute atomic E-state index is 0. The van der Waals surface area contributed by atoms with Gasteiger partial charge in [-0.3, -0.25) is 4.99 Å². The first-order chi connectivity index (χ1) is 11.4. The summed E-state index contributed by atoms with van der Waals surface area (Å²) in [5, 5.41) is 10.2. The molecule has 0 unspecified atom stereocenters. The summed E-state index contributed by atoms with van der Waals surface area (Å²) in [5.41, 5.74) is 0.112. The van der Waals surface area contributed by atoms with Crippen LogP contribution >= 0.6 is 24.0 Å². The first-order valence-corrected chi connectivity index (χ1v) is 9.07. The molecule has 1 heterocycles. The molecule has 0 spiro atoms. The SMILES string of the molecule is CCNC(=NCCNC(C)(C)C)NC1CCN(C(=O)OCC)CC1.I. The number of amides is 1. The Morgan fingerprint density at radius 2 is 1.88 bits per heavy atom. The second-order valence-corrected chi connectivity index (χ2v) is 7.04. The molecule has 0 saturated carbocycles. The molecule has 0 aliphatic carbocycles. The molecule has 0 aromatic rings. The number of likely N-dealkylation sites (tertiary alicyclic amines) is 1. The zero-order valence-electron chi connectivity index (χ0n) is 16.4. The monoisotopic (exact) mass is 469 g/mol. The largest absolute Gasteiger partial charge is 0.450 e. The molecule has 1 amide bonds. The Labute approximate surface area is 169 Å². The maximum atomic E-state index is 11.7. The Morgan fingerprint density at radius 3 is 2.40 bits per heavy atom. The molecule has 1 fully saturated rings. The quantitative estimate of drug-likeness (QED) is 0.241. The van der Waals surface area contributed by atoms with Crippen LogP contribution in [0.15, 0.2) is 4.99 Å². The summed E-state index contributed by atoms with van der Waals surface area (Å²) in [4.78, 5) is 18.1. The highest BCUT2D eigenvalue weighted by Crippen LogP contribution is 2.11. The Bertz CT molecular complexity index is 404. The van der Waals surface area contributed by atoms with Crippen molar-refractivity contribution in [2.45, 2.75) is 59.0 Å². The fraction of sp³-hybridized carbons (Fsp3) is 0.882. The van der Waals surface area contributed by atoms with Gasteiger partial charge in [-0.25, -0.2) is 4.79 Å². The van der Waals surface area contributed by atoms with E-state index >= 15 is 0 Å². The Balaban J connectivity index is 0.00000576. The smallest absolute Gasteiger partial charge is 0.409 e. The molecule has 0 aromatic heterocycles. The van der Waals surface area contributed by atoms with E-state index in [4.69, 9.17) is 4.74 Å². The fourth-order valence-corrected chi connectivity index (χ4v) is 2.53. The third kappa shape index (κ3) is 10.7. The van der Waals surface area contributed by atoms with E-state index < -0.39 is 0 Å². The number of hydrogen-bond donors (Lipinski definition) is 3. The van der Waals surface area contributed by atoms with Gasteiger partial charge in [0.2, 0.25) is 0 Å². The van der Waals surface area contributed by atoms with E-state index in [1.54, 1.807) is 4.90 Å². The Kier molecular flexibility index (Phi) is 12.2. The van der Waals surface area contributed by atoms with Crippen LogP contribution in [-0.2, 0) is 4.74 Å². The van der Waals surface area contributed by atoms with E-state index in [1.165, 1.54) is 0 Å². The van der Waals surface area contributed by atoms with Crippen LogP contribution in [0.25, 0.3) is 0 Å². The first kappa shape index (κ1) is 24.2. The highest BCUT2D eigenvalue weighted by Gasteiger charge is 2.24. The van der Waals surface area contributed by atoms with Crippen molar-refractivity contribution in [1.29, 1.82) is 0 Å². The van der Waals surface area contributed by atoms with Crippen molar-refractivity contribution in [1.82, 2.24) is 20.9 Å². The average Bonchev–Trinajstić information content (AvgIpc) is 2.51. The lowest BCUT2D eigenvalue weighted by molar-refractivity contribution is 0.0963. The summed E-state index contributed by atoms with van der Waals surface area (Å²) in [6.07, 6.45) is 1.61. The second-order valence-electron chi connectivity index (χ2n) is 7.04. The molecular formula is C17H36IN5O2. The number of hydrogen-bond acceptors (Lipinski definition) is 4. The van der Waals surface area contributed by atoms with Crippen molar-refractivity contribution in [3.05, 3.63) is 0 Å². The standard InChI is InChI=1S/C17H35N5O2.HI/c1-6-18-15(19-10-11-20-17(3,4)5)21-14-8-12-22(13-9-14)16(23)24-7-2;/h14,20H,6-13H2,1-5H3,(H2,18,19,21);1H. The summed E-state index contributed by atoms with van der Waals surface area (Å²) < 4.78 is 5.05. The first-order valence-electron chi connectivity index (χ1n) is 9.07. The van der Waals surface area contributed by atoms with E-state index in [-0.39, 0.29) is 35.6 Å². The molecule has 148 valence electrons. The number of aliphatic imine (C=N–C) groups is 1. The highest BCUT2D eigenvalue weighted by atomic mass is 127. The lowest BCUT2D eigenvalue weighted by atomic mass is 10.1. The third-order valence-corrected chi connectivity index (χ3v) is 3.74. The van der Waals surface area contributed by atoms with Gasteiger partial charge in [0, 0.05) is 37.8 Å². The van der Waals surface area contributed by atoms with Crippen LogP contribution in [0.2, 0.25) is 0 Å². The van der Waals surface area contributed by atoms with Crippen LogP contribution in [0.3, 0.4) is 0 Å². The van der Waals surface area contributed by atoms with Gasteiger partial charge in [0.1, 0.15) is 0 Å². The average molecular weight is 469 g/mol. The van der Waals surface area contributed by atoms with Crippen LogP contribution < -0.4 is 16.0 Å². The number of carbonyl (C=O) groups is 1. The third-order valence-electron chi connectivity index (χ3n) is 3.74. The van der Waals surface area contributed by atoms with Gasteiger partial charge in [-0.15, -0.1) is 24.0 Å². The number of carbonyl (C=O) groups excluding carboxylic acids is 1. The van der Waals surface area contributed by atoms with Crippen LogP contribution in [0.1, 0.15) is 47.5 Å². The lowest BCUT2D eigenvalue weighted by Gasteiger charge is -2.32. The molecule has 0 atom stereocenters. The molecule has 1 rings (SSSR count). The molecule has 1 saturated heterocycles. The van der Waals surface area contributed by atoms with Gasteiger partial charge in [0.25, 0.3) is 0 Å². The van der Waals surface area contributed by atoms with Crippen molar-refractivity contribution in [2.24, 2.45) is 4.99 Å². The molecular weight excluding hydrogens is 433 g/mol. The van der Waals surface area contributed by atoms with Gasteiger partial charge < -0.3 is 25.6 Å². The zero-order chi connectivity index (χ0) is 18.0. The van der Waals surface area contributed by atoms with Crippen LogP contribution in [0.5, 0.6) is 0 Å². The van der Waals surface area contributed by atoms with Crippen molar-refractivity contribution >= 4 is 36.0 Å². The van der Waals surface area contributed by atoms with E-state index in [2.05, 4.69) is 48.6 Å². The summed E-state index contributed by atoms with van der Waals surface area (Å²) in [6.45, 7) is 14.6. The van der Waals surface area contributed by atoms with Gasteiger partial charge in [0.15, 0.2) is 5.96 Å². The number of rotatable bonds is 6. The minimum atomic E-state index is -0.204. The van der Waals surface area contributed by atoms with Crippen molar-refractivity contribution in [2.75, 3.05) is 39.3 Å². The minimum Gasteiger partial charge on any atom is -0.450 e. The van der Waals surface area contributed by atoms with Gasteiger partial charge in [-0.1, -0.05) is 0 Å². The molecule has 1 aliphatic rings. The predicted octanol–water partition coefficient (Wildman–Crippen LogP) is 2.17. The van der Waals surface area contributed by atoms with E-state index in [0.717, 1.165) is 51.5 Å². The predicted molar refractivity (Wildman–Crippen MR) is 114 cm³/mol. The topological polar surface area (TPSA) is 78.0 Å². The number of nitrogens with zero attached hydrogens (tertiary/aromatic N) is 2. The normalized spacial score (nSPS) is 16.2. The molecule has 25 heavy (non-hydrogen) atoms. The number of halogens is 1. The highest BCUT2D eigenvalue weighted by molar-refractivity contribution is 14.0. The number of nitrogens with one attached hydrogen (secondary N) is 3. The Hall–Kier alpha value is -0.770. The zero-order valence-corrected chi connectivity index (χ0v) is 18.7.